The van der Waals surface area contributed by atoms with Crippen molar-refractivity contribution >= 4 is 17.7 Å². The maximum absolute atomic E-state index is 12.8. The van der Waals surface area contributed by atoms with Crippen molar-refractivity contribution in [1.82, 2.24) is 0 Å². The third kappa shape index (κ3) is 4.73. The van der Waals surface area contributed by atoms with Gasteiger partial charge in [0.15, 0.2) is 5.78 Å². The van der Waals surface area contributed by atoms with Gasteiger partial charge in [0.25, 0.3) is 0 Å². The van der Waals surface area contributed by atoms with E-state index in [1.54, 1.807) is 19.9 Å². The van der Waals surface area contributed by atoms with Crippen LogP contribution in [0.1, 0.15) is 40.5 Å². The molecule has 30 heavy (non-hydrogen) atoms. The fourth-order valence-corrected chi connectivity index (χ4v) is 4.15. The molecule has 166 valence electrons. The molecule has 0 aromatic carbocycles. The van der Waals surface area contributed by atoms with Crippen molar-refractivity contribution in [2.24, 2.45) is 17.3 Å². The minimum Gasteiger partial charge on any atom is -0.466 e. The van der Waals surface area contributed by atoms with Crippen LogP contribution in [0, 0.1) is 17.3 Å². The molecule has 0 spiro atoms. The number of methoxy groups -OCH3 is 2. The van der Waals surface area contributed by atoms with E-state index in [1.807, 2.05) is 13.8 Å². The monoisotopic (exact) mass is 420 g/mol. The molecule has 0 amide bonds. The van der Waals surface area contributed by atoms with Crippen LogP contribution in [0.5, 0.6) is 0 Å². The van der Waals surface area contributed by atoms with E-state index in [4.69, 9.17) is 14.2 Å². The summed E-state index contributed by atoms with van der Waals surface area (Å²) < 4.78 is 15.5. The lowest BCUT2D eigenvalue weighted by molar-refractivity contribution is -0.150. The standard InChI is InChI=1S/C23H32O7/c1-8-18(28-6)17(25)10-14-13(3)19(11-16(14)24)30-22(27)20-15(23(20,4)5)9-12(2)21(26)29-7/h8-9,15,17-20,25H,1,10-11H2,2-7H3/b12-9+/t15-,17+,18+,19?,20+/m1/s1. The molecule has 1 saturated carbocycles. The van der Waals surface area contributed by atoms with Gasteiger partial charge in [-0.05, 0) is 30.8 Å². The van der Waals surface area contributed by atoms with Crippen molar-refractivity contribution in [3.63, 3.8) is 0 Å². The number of esters is 2. The summed E-state index contributed by atoms with van der Waals surface area (Å²) in [5.74, 6) is -1.49. The van der Waals surface area contributed by atoms with E-state index in [0.717, 1.165) is 0 Å². The van der Waals surface area contributed by atoms with E-state index in [9.17, 15) is 19.5 Å². The van der Waals surface area contributed by atoms with Crippen LogP contribution in [0.4, 0.5) is 0 Å². The Morgan fingerprint density at radius 2 is 1.97 bits per heavy atom. The van der Waals surface area contributed by atoms with Gasteiger partial charge in [-0.3, -0.25) is 9.59 Å². The second-order valence-electron chi connectivity index (χ2n) is 8.59. The van der Waals surface area contributed by atoms with Gasteiger partial charge in [0, 0.05) is 24.7 Å². The molecule has 1 unspecified atom stereocenters. The smallest absolute Gasteiger partial charge is 0.333 e. The zero-order valence-electron chi connectivity index (χ0n) is 18.6. The van der Waals surface area contributed by atoms with Gasteiger partial charge in [0.2, 0.25) is 0 Å². The first-order chi connectivity index (χ1) is 14.0. The first-order valence-electron chi connectivity index (χ1n) is 10.0. The molecule has 0 aromatic rings. The Bertz CT molecular complexity index is 789. The van der Waals surface area contributed by atoms with E-state index in [2.05, 4.69) is 6.58 Å². The van der Waals surface area contributed by atoms with E-state index in [-0.39, 0.29) is 30.0 Å². The highest BCUT2D eigenvalue weighted by molar-refractivity contribution is 6.00. The Morgan fingerprint density at radius 3 is 2.50 bits per heavy atom. The quantitative estimate of drug-likeness (QED) is 0.348. The normalized spacial score (nSPS) is 27.5. The van der Waals surface area contributed by atoms with E-state index in [1.165, 1.54) is 20.3 Å². The molecule has 1 N–H and O–H groups in total. The minimum atomic E-state index is -0.908. The van der Waals surface area contributed by atoms with Gasteiger partial charge in [-0.15, -0.1) is 6.58 Å². The second-order valence-corrected chi connectivity index (χ2v) is 8.59. The molecule has 2 rings (SSSR count). The molecule has 1 fully saturated rings. The summed E-state index contributed by atoms with van der Waals surface area (Å²) in [6.07, 6.45) is 1.28. The van der Waals surface area contributed by atoms with Gasteiger partial charge in [0.05, 0.1) is 25.6 Å². The SMILES string of the molecule is C=C[C@H](OC)[C@@H](O)CC1=C(C)C(OC(=O)[C@@H]2[C@@H](/C=C(\C)C(=O)OC)C2(C)C)CC1=O. The molecule has 5 atom stereocenters. The Hall–Kier alpha value is -2.25. The maximum Gasteiger partial charge on any atom is 0.333 e. The van der Waals surface area contributed by atoms with Crippen molar-refractivity contribution < 1.29 is 33.7 Å². The number of carbonyl (C=O) groups is 3. The highest BCUT2D eigenvalue weighted by atomic mass is 16.5. The summed E-state index contributed by atoms with van der Waals surface area (Å²) in [6, 6.07) is 0. The number of Topliss-reactive ketones (excluding diaryl/α,β-unsaturated/α-hetero) is 1. The molecule has 2 aliphatic carbocycles. The van der Waals surface area contributed by atoms with Gasteiger partial charge >= 0.3 is 11.9 Å². The van der Waals surface area contributed by atoms with Crippen molar-refractivity contribution in [2.75, 3.05) is 14.2 Å². The Balaban J connectivity index is 2.08. The fraction of sp³-hybridized carbons (Fsp3) is 0.609. The zero-order valence-corrected chi connectivity index (χ0v) is 18.6. The van der Waals surface area contributed by atoms with Crippen LogP contribution in [0.15, 0.2) is 35.5 Å². The number of ketones is 1. The van der Waals surface area contributed by atoms with Crippen molar-refractivity contribution in [1.29, 1.82) is 0 Å². The van der Waals surface area contributed by atoms with Crippen molar-refractivity contribution in [3.8, 4) is 0 Å². The minimum absolute atomic E-state index is 0.0697. The molecule has 7 nitrogen and oxygen atoms in total. The van der Waals surface area contributed by atoms with Crippen LogP contribution < -0.4 is 0 Å². The van der Waals surface area contributed by atoms with Crippen molar-refractivity contribution in [3.05, 3.63) is 35.5 Å². The van der Waals surface area contributed by atoms with Crippen LogP contribution in [-0.2, 0) is 28.6 Å². The van der Waals surface area contributed by atoms with Crippen LogP contribution in [0.25, 0.3) is 0 Å². The second kappa shape index (κ2) is 9.27. The summed E-state index contributed by atoms with van der Waals surface area (Å²) in [5.41, 5.74) is 1.23. The Morgan fingerprint density at radius 1 is 1.33 bits per heavy atom. The van der Waals surface area contributed by atoms with Gasteiger partial charge in [-0.1, -0.05) is 26.0 Å². The number of ether oxygens (including phenoxy) is 3. The number of allylic oxidation sites excluding steroid dienone is 1. The largest absolute Gasteiger partial charge is 0.466 e. The molecular weight excluding hydrogens is 388 g/mol. The van der Waals surface area contributed by atoms with Gasteiger partial charge in [0.1, 0.15) is 12.2 Å². The van der Waals surface area contributed by atoms with Crippen LogP contribution in [-0.4, -0.2) is 55.4 Å². The predicted octanol–water partition coefficient (Wildman–Crippen LogP) is 2.53. The average molecular weight is 421 g/mol. The predicted molar refractivity (Wildman–Crippen MR) is 110 cm³/mol. The van der Waals surface area contributed by atoms with Gasteiger partial charge in [-0.2, -0.15) is 0 Å². The fourth-order valence-electron chi connectivity index (χ4n) is 4.15. The molecule has 2 aliphatic rings. The van der Waals surface area contributed by atoms with Crippen LogP contribution >= 0.6 is 0 Å². The number of carbonyl (C=O) groups excluding carboxylic acids is 3. The molecule has 0 radical (unpaired) electrons. The van der Waals surface area contributed by atoms with Crippen molar-refractivity contribution in [2.45, 2.75) is 58.8 Å². The van der Waals surface area contributed by atoms with Crippen LogP contribution in [0.2, 0.25) is 0 Å². The Labute approximate surface area is 177 Å². The molecule has 0 bridgehead atoms. The number of hydrogen-bond donors (Lipinski definition) is 1. The van der Waals surface area contributed by atoms with Gasteiger partial charge in [-0.25, -0.2) is 4.79 Å². The summed E-state index contributed by atoms with van der Waals surface area (Å²) in [7, 11) is 2.77. The highest BCUT2D eigenvalue weighted by Crippen LogP contribution is 2.60. The molecule has 0 heterocycles. The molecular formula is C23H32O7. The first kappa shape index (κ1) is 24.0. The lowest BCUT2D eigenvalue weighted by Gasteiger charge is -2.19. The third-order valence-electron chi connectivity index (χ3n) is 6.32. The summed E-state index contributed by atoms with van der Waals surface area (Å²) in [5, 5.41) is 10.3. The number of aliphatic hydroxyl groups is 1. The number of hydrogen-bond acceptors (Lipinski definition) is 7. The molecule has 0 aliphatic heterocycles. The van der Waals surface area contributed by atoms with Crippen LogP contribution in [0.3, 0.4) is 0 Å². The maximum atomic E-state index is 12.8. The lowest BCUT2D eigenvalue weighted by Crippen LogP contribution is -2.27. The molecule has 7 heteroatoms. The third-order valence-corrected chi connectivity index (χ3v) is 6.32. The summed E-state index contributed by atoms with van der Waals surface area (Å²) in [6.45, 7) is 10.9. The zero-order chi connectivity index (χ0) is 22.8. The average Bonchev–Trinajstić information content (AvgIpc) is 3.13. The molecule has 0 aromatic heterocycles. The van der Waals surface area contributed by atoms with E-state index >= 15 is 0 Å². The molecule has 0 saturated heterocycles. The van der Waals surface area contributed by atoms with E-state index in [0.29, 0.717) is 16.7 Å². The topological polar surface area (TPSA) is 99.1 Å². The number of rotatable bonds is 9. The van der Waals surface area contributed by atoms with E-state index < -0.39 is 36.2 Å². The highest BCUT2D eigenvalue weighted by Gasteiger charge is 2.62. The van der Waals surface area contributed by atoms with Gasteiger partial charge < -0.3 is 19.3 Å². The summed E-state index contributed by atoms with van der Waals surface area (Å²) in [4.78, 5) is 36.9. The Kier molecular flexibility index (Phi) is 7.42. The number of aliphatic hydroxyl groups excluding tert-OH is 1. The summed E-state index contributed by atoms with van der Waals surface area (Å²) >= 11 is 0. The first-order valence-corrected chi connectivity index (χ1v) is 10.0. The lowest BCUT2D eigenvalue weighted by atomic mass is 10.0.